The van der Waals surface area contributed by atoms with Gasteiger partial charge in [-0.05, 0) is 18.1 Å². The Bertz CT molecular complexity index is 1600. The number of aryl methyl sites for hydroxylation is 1. The summed E-state index contributed by atoms with van der Waals surface area (Å²) in [5.74, 6) is 0.575. The Morgan fingerprint density at radius 2 is 1.75 bits per heavy atom. The van der Waals surface area contributed by atoms with Gasteiger partial charge in [-0.25, -0.2) is 14.8 Å². The zero-order valence-corrected chi connectivity index (χ0v) is 22.5. The van der Waals surface area contributed by atoms with Gasteiger partial charge in [-0.2, -0.15) is 0 Å². The van der Waals surface area contributed by atoms with Crippen molar-refractivity contribution in [2.75, 3.05) is 18.1 Å². The van der Waals surface area contributed by atoms with E-state index in [1.807, 2.05) is 65.6 Å². The first-order chi connectivity index (χ1) is 19.4. The number of nitrogens with one attached hydrogen (secondary N) is 1. The summed E-state index contributed by atoms with van der Waals surface area (Å²) in [6, 6.07) is 20.9. The van der Waals surface area contributed by atoms with Crippen LogP contribution < -0.4 is 16.1 Å². The minimum Gasteiger partial charge on any atom is -0.374 e. The smallest absolute Gasteiger partial charge is 0.330 e. The molecule has 206 valence electrons. The quantitative estimate of drug-likeness (QED) is 0.310. The predicted molar refractivity (Wildman–Crippen MR) is 148 cm³/mol. The number of halogens is 1. The van der Waals surface area contributed by atoms with Crippen LogP contribution in [0.15, 0.2) is 88.8 Å². The number of hydrogen-bond acceptors (Lipinski definition) is 8. The number of ether oxygens (including phenoxy) is 3. The van der Waals surface area contributed by atoms with Crippen LogP contribution in [0.2, 0.25) is 5.15 Å². The van der Waals surface area contributed by atoms with Crippen molar-refractivity contribution in [3.05, 3.63) is 122 Å². The Balaban J connectivity index is 1.40. The summed E-state index contributed by atoms with van der Waals surface area (Å²) >= 11 is 6.25. The number of rotatable bonds is 9. The van der Waals surface area contributed by atoms with Crippen molar-refractivity contribution in [1.29, 1.82) is 0 Å². The zero-order valence-electron chi connectivity index (χ0n) is 21.8. The Labute approximate surface area is 235 Å². The van der Waals surface area contributed by atoms with Gasteiger partial charge in [0.25, 0.3) is 5.56 Å². The zero-order chi connectivity index (χ0) is 27.7. The molecule has 1 N–H and O–H groups in total. The number of H-pyrrole nitrogens is 1. The minimum atomic E-state index is -0.959. The number of hydrogen-bond donors (Lipinski definition) is 1. The van der Waals surface area contributed by atoms with Crippen LogP contribution in [0.4, 0.5) is 5.82 Å². The third-order valence-corrected chi connectivity index (χ3v) is 7.54. The molecule has 6 rings (SSSR count). The van der Waals surface area contributed by atoms with Gasteiger partial charge in [-0.1, -0.05) is 72.3 Å². The first-order valence-electron chi connectivity index (χ1n) is 12.9. The van der Waals surface area contributed by atoms with Crippen LogP contribution in [0.1, 0.15) is 22.9 Å². The average Bonchev–Trinajstić information content (AvgIpc) is 3.44. The number of aromatic nitrogens is 4. The fourth-order valence-electron chi connectivity index (χ4n) is 5.48. The van der Waals surface area contributed by atoms with E-state index in [0.717, 1.165) is 11.1 Å². The molecule has 2 aromatic heterocycles. The summed E-state index contributed by atoms with van der Waals surface area (Å²) in [6.07, 6.45) is 1.60. The van der Waals surface area contributed by atoms with E-state index >= 15 is 0 Å². The molecule has 2 aromatic carbocycles. The maximum Gasteiger partial charge on any atom is 0.330 e. The highest BCUT2D eigenvalue weighted by Crippen LogP contribution is 2.49. The Morgan fingerprint density at radius 3 is 2.45 bits per heavy atom. The van der Waals surface area contributed by atoms with E-state index in [4.69, 9.17) is 25.8 Å². The number of anilines is 1. The van der Waals surface area contributed by atoms with Gasteiger partial charge in [0.15, 0.2) is 6.23 Å². The van der Waals surface area contributed by atoms with Crippen LogP contribution in [-0.2, 0) is 27.4 Å². The fraction of sp³-hybridized carbons (Fsp3) is 0.310. The SMILES string of the molecule is Cc1cn([C@@H]2O[C@@]3(COCc4ccccc4)CN(c4cc(Cl)ncn4)[C@@H]2[C@@H]3OCc2ccccc2)c(=O)[nH]c1=O. The minimum absolute atomic E-state index is 0.195. The topological polar surface area (TPSA) is 112 Å². The molecule has 2 bridgehead atoms. The van der Waals surface area contributed by atoms with Gasteiger partial charge in [-0.15, -0.1) is 0 Å². The molecule has 2 saturated heterocycles. The number of fused-ring (bicyclic) bond motifs is 2. The second-order valence-electron chi connectivity index (χ2n) is 10.1. The predicted octanol–water partition coefficient (Wildman–Crippen LogP) is 3.25. The molecule has 11 heteroatoms. The van der Waals surface area contributed by atoms with E-state index in [0.29, 0.717) is 36.3 Å². The highest BCUT2D eigenvalue weighted by atomic mass is 35.5. The van der Waals surface area contributed by atoms with Crippen LogP contribution in [-0.4, -0.2) is 50.4 Å². The van der Waals surface area contributed by atoms with Crippen LogP contribution >= 0.6 is 11.6 Å². The van der Waals surface area contributed by atoms with Crippen molar-refractivity contribution in [3.63, 3.8) is 0 Å². The van der Waals surface area contributed by atoms with Gasteiger partial charge in [0.1, 0.15) is 35.0 Å². The van der Waals surface area contributed by atoms with Gasteiger partial charge in [0.05, 0.1) is 26.4 Å². The molecule has 2 aliphatic rings. The Hall–Kier alpha value is -3.83. The highest BCUT2D eigenvalue weighted by molar-refractivity contribution is 6.29. The first kappa shape index (κ1) is 26.4. The van der Waals surface area contributed by atoms with E-state index < -0.39 is 35.2 Å². The van der Waals surface area contributed by atoms with Crippen molar-refractivity contribution in [2.24, 2.45) is 0 Å². The monoisotopic (exact) mass is 561 g/mol. The van der Waals surface area contributed by atoms with Crippen molar-refractivity contribution in [1.82, 2.24) is 19.5 Å². The average molecular weight is 562 g/mol. The molecule has 0 amide bonds. The normalized spacial score (nSPS) is 23.6. The molecular formula is C29H28ClN5O5. The summed E-state index contributed by atoms with van der Waals surface area (Å²) in [7, 11) is 0. The lowest BCUT2D eigenvalue weighted by Crippen LogP contribution is -2.50. The Morgan fingerprint density at radius 1 is 1.05 bits per heavy atom. The van der Waals surface area contributed by atoms with Gasteiger partial charge >= 0.3 is 5.69 Å². The first-order valence-corrected chi connectivity index (χ1v) is 13.3. The van der Waals surface area contributed by atoms with E-state index in [1.54, 1.807) is 13.0 Å². The number of benzene rings is 2. The van der Waals surface area contributed by atoms with Crippen molar-refractivity contribution in [3.8, 4) is 0 Å². The molecular weight excluding hydrogens is 534 g/mol. The maximum atomic E-state index is 13.0. The van der Waals surface area contributed by atoms with Gasteiger partial charge in [0, 0.05) is 17.8 Å². The largest absolute Gasteiger partial charge is 0.374 e. The van der Waals surface area contributed by atoms with Gasteiger partial charge in [-0.3, -0.25) is 14.3 Å². The molecule has 0 unspecified atom stereocenters. The molecule has 2 aliphatic heterocycles. The van der Waals surface area contributed by atoms with E-state index in [-0.39, 0.29) is 6.61 Å². The summed E-state index contributed by atoms with van der Waals surface area (Å²) in [5.41, 5.74) is 0.437. The molecule has 0 radical (unpaired) electrons. The molecule has 0 aliphatic carbocycles. The molecule has 2 fully saturated rings. The lowest BCUT2D eigenvalue weighted by atomic mass is 10.00. The molecule has 10 nitrogen and oxygen atoms in total. The lowest BCUT2D eigenvalue weighted by molar-refractivity contribution is -0.152. The highest BCUT2D eigenvalue weighted by Gasteiger charge is 2.66. The van der Waals surface area contributed by atoms with Gasteiger partial charge < -0.3 is 19.1 Å². The molecule has 40 heavy (non-hydrogen) atoms. The van der Waals surface area contributed by atoms with Gasteiger partial charge in [0.2, 0.25) is 0 Å². The van der Waals surface area contributed by atoms with Crippen molar-refractivity contribution in [2.45, 2.75) is 44.1 Å². The number of nitrogens with zero attached hydrogens (tertiary/aromatic N) is 4. The standard InChI is InChI=1S/C29H28ClN5O5/c1-19-13-34(28(37)33-26(19)36)27-24-25(39-15-21-10-6-3-7-11-21)29(40-27,17-38-14-20-8-4-2-5-9-20)16-35(24)23-12-22(30)31-18-32-23/h2-13,18,24-25,27H,14-17H2,1H3,(H,33,36,37)/t24-,25+,27-,29-/m1/s1. The number of aromatic amines is 1. The fourth-order valence-corrected chi connectivity index (χ4v) is 5.62. The summed E-state index contributed by atoms with van der Waals surface area (Å²) in [4.78, 5) is 38.1. The van der Waals surface area contributed by atoms with Crippen LogP contribution in [0.5, 0.6) is 0 Å². The van der Waals surface area contributed by atoms with Crippen LogP contribution in [0.3, 0.4) is 0 Å². The third kappa shape index (κ3) is 5.06. The van der Waals surface area contributed by atoms with E-state index in [9.17, 15) is 9.59 Å². The van der Waals surface area contributed by atoms with E-state index in [2.05, 4.69) is 15.0 Å². The molecule has 4 atom stereocenters. The second-order valence-corrected chi connectivity index (χ2v) is 10.5. The van der Waals surface area contributed by atoms with Crippen molar-refractivity contribution >= 4 is 17.4 Å². The lowest BCUT2D eigenvalue weighted by Gasteiger charge is -2.37. The summed E-state index contributed by atoms with van der Waals surface area (Å²) < 4.78 is 21.0. The molecule has 0 spiro atoms. The maximum absolute atomic E-state index is 13.0. The van der Waals surface area contributed by atoms with E-state index in [1.165, 1.54) is 17.1 Å². The summed E-state index contributed by atoms with van der Waals surface area (Å²) in [6.45, 7) is 2.93. The molecule has 4 aromatic rings. The Kier molecular flexibility index (Phi) is 7.24. The van der Waals surface area contributed by atoms with Crippen LogP contribution in [0.25, 0.3) is 0 Å². The second kappa shape index (κ2) is 11.0. The summed E-state index contributed by atoms with van der Waals surface area (Å²) in [5, 5.41) is 0.290. The molecule has 0 saturated carbocycles. The van der Waals surface area contributed by atoms with Crippen LogP contribution in [0, 0.1) is 6.92 Å². The van der Waals surface area contributed by atoms with Crippen molar-refractivity contribution < 1.29 is 14.2 Å². The number of morpholine rings is 1. The third-order valence-electron chi connectivity index (χ3n) is 7.34. The molecule has 4 heterocycles.